The zero-order valence-electron chi connectivity index (χ0n) is 5.87. The molecule has 0 aliphatic carbocycles. The molecule has 0 unspecified atom stereocenters. The number of aromatic nitrogens is 1. The Morgan fingerprint density at radius 1 is 1.73 bits per heavy atom. The van der Waals surface area contributed by atoms with Gasteiger partial charge in [-0.25, -0.2) is 4.79 Å². The van der Waals surface area contributed by atoms with Crippen LogP contribution in [-0.2, 0) is 4.29 Å². The maximum Gasteiger partial charge on any atom is 0.356 e. The Hall–Kier alpha value is -1.09. The molecule has 3 nitrogen and oxygen atoms in total. The molecule has 4 heteroatoms. The molecule has 1 heterocycles. The van der Waals surface area contributed by atoms with Crippen LogP contribution in [-0.4, -0.2) is 11.0 Å². The second-order valence-corrected chi connectivity index (χ2v) is 2.20. The van der Waals surface area contributed by atoms with Gasteiger partial charge in [-0.2, -0.15) is 0 Å². The van der Waals surface area contributed by atoms with Crippen LogP contribution in [0.1, 0.15) is 16.1 Å². The smallest absolute Gasteiger partial charge is 0.343 e. The van der Waals surface area contributed by atoms with Gasteiger partial charge in [0.05, 0.1) is 5.56 Å². The Balaban J connectivity index is 2.96. The largest absolute Gasteiger partial charge is 0.356 e. The van der Waals surface area contributed by atoms with Gasteiger partial charge in [-0.15, -0.1) is 0 Å². The number of halogens is 1. The van der Waals surface area contributed by atoms with Crippen LogP contribution in [0.2, 0.25) is 0 Å². The number of hydrogen-bond donors (Lipinski definition) is 0. The molecule has 0 N–H and O–H groups in total. The highest BCUT2D eigenvalue weighted by Gasteiger charge is 2.05. The summed E-state index contributed by atoms with van der Waals surface area (Å²) in [7, 11) is 0. The molecule has 0 radical (unpaired) electrons. The number of aryl methyl sites for hydroxylation is 1. The summed E-state index contributed by atoms with van der Waals surface area (Å²) in [6, 6.07) is 3.14. The van der Waals surface area contributed by atoms with E-state index >= 15 is 0 Å². The lowest BCUT2D eigenvalue weighted by atomic mass is 10.2. The monoisotopic (exact) mass is 171 g/mol. The molecule has 0 fully saturated rings. The van der Waals surface area contributed by atoms with Crippen LogP contribution in [0.25, 0.3) is 0 Å². The fourth-order valence-electron chi connectivity index (χ4n) is 0.717. The number of carbonyl (C=O) groups is 1. The van der Waals surface area contributed by atoms with E-state index in [4.69, 9.17) is 11.9 Å². The highest BCUT2D eigenvalue weighted by molar-refractivity contribution is 6.15. The van der Waals surface area contributed by atoms with E-state index in [2.05, 4.69) is 9.27 Å². The molecule has 0 aliphatic rings. The van der Waals surface area contributed by atoms with E-state index in [0.29, 0.717) is 5.56 Å². The average Bonchev–Trinajstić information content (AvgIpc) is 2.03. The second-order valence-electron chi connectivity index (χ2n) is 2.05. The summed E-state index contributed by atoms with van der Waals surface area (Å²) in [5.41, 5.74) is 1.16. The number of carbonyl (C=O) groups excluding carboxylic acids is 1. The first-order valence-corrected chi connectivity index (χ1v) is 3.30. The molecule has 1 aromatic rings. The molecular formula is C7H6ClNO2. The lowest BCUT2D eigenvalue weighted by molar-refractivity contribution is 0.0751. The summed E-state index contributed by atoms with van der Waals surface area (Å²) >= 11 is 4.87. The molecule has 0 atom stereocenters. The first kappa shape index (κ1) is 8.01. The van der Waals surface area contributed by atoms with Crippen molar-refractivity contribution < 1.29 is 9.08 Å². The van der Waals surface area contributed by atoms with Gasteiger partial charge in [0.2, 0.25) is 0 Å². The standard InChI is InChI=1S/C7H6ClNO2/c1-5-4-6(2-3-9-5)7(10)11-8/h2-4H,1H3. The van der Waals surface area contributed by atoms with E-state index in [1.165, 1.54) is 12.3 Å². The second kappa shape index (κ2) is 3.34. The summed E-state index contributed by atoms with van der Waals surface area (Å²) in [6.45, 7) is 1.78. The van der Waals surface area contributed by atoms with Crippen molar-refractivity contribution in [3.8, 4) is 0 Å². The first-order valence-electron chi connectivity index (χ1n) is 2.99. The summed E-state index contributed by atoms with van der Waals surface area (Å²) in [6.07, 6.45) is 1.53. The van der Waals surface area contributed by atoms with Gasteiger partial charge < -0.3 is 4.29 Å². The van der Waals surface area contributed by atoms with E-state index in [1.54, 1.807) is 13.0 Å². The van der Waals surface area contributed by atoms with Crippen LogP contribution in [0.3, 0.4) is 0 Å². The molecule has 0 aromatic carbocycles. The van der Waals surface area contributed by atoms with E-state index in [0.717, 1.165) is 5.69 Å². The van der Waals surface area contributed by atoms with Gasteiger partial charge in [0.1, 0.15) is 11.9 Å². The molecule has 0 spiro atoms. The average molecular weight is 172 g/mol. The van der Waals surface area contributed by atoms with Crippen molar-refractivity contribution in [1.82, 2.24) is 4.98 Å². The van der Waals surface area contributed by atoms with Gasteiger partial charge in [0.15, 0.2) is 0 Å². The molecular weight excluding hydrogens is 166 g/mol. The van der Waals surface area contributed by atoms with Gasteiger partial charge in [-0.1, -0.05) is 0 Å². The quantitative estimate of drug-likeness (QED) is 0.646. The third kappa shape index (κ3) is 1.91. The fourth-order valence-corrected chi connectivity index (χ4v) is 0.806. The van der Waals surface area contributed by atoms with Crippen LogP contribution in [0, 0.1) is 6.92 Å². The van der Waals surface area contributed by atoms with Crippen LogP contribution in [0.5, 0.6) is 0 Å². The zero-order chi connectivity index (χ0) is 8.27. The van der Waals surface area contributed by atoms with Crippen molar-refractivity contribution in [2.75, 3.05) is 0 Å². The highest BCUT2D eigenvalue weighted by atomic mass is 35.5. The molecule has 11 heavy (non-hydrogen) atoms. The minimum atomic E-state index is -0.558. The Bertz CT molecular complexity index is 275. The van der Waals surface area contributed by atoms with Gasteiger partial charge >= 0.3 is 5.97 Å². The lowest BCUT2D eigenvalue weighted by Gasteiger charge is -1.95. The minimum Gasteiger partial charge on any atom is -0.343 e. The van der Waals surface area contributed by atoms with Crippen molar-refractivity contribution in [3.63, 3.8) is 0 Å². The van der Waals surface area contributed by atoms with Crippen LogP contribution < -0.4 is 0 Å². The predicted octanol–water partition coefficient (Wildman–Crippen LogP) is 1.70. The lowest BCUT2D eigenvalue weighted by Crippen LogP contribution is -1.98. The minimum absolute atomic E-state index is 0.410. The summed E-state index contributed by atoms with van der Waals surface area (Å²) in [5.74, 6) is -0.558. The van der Waals surface area contributed by atoms with E-state index in [9.17, 15) is 4.79 Å². The van der Waals surface area contributed by atoms with Crippen LogP contribution in [0.15, 0.2) is 18.3 Å². The van der Waals surface area contributed by atoms with Gasteiger partial charge in [-0.3, -0.25) is 4.98 Å². The number of rotatable bonds is 1. The molecule has 1 aromatic heterocycles. The first-order chi connectivity index (χ1) is 5.24. The Labute approximate surface area is 69.1 Å². The van der Waals surface area contributed by atoms with Crippen molar-refractivity contribution in [1.29, 1.82) is 0 Å². The van der Waals surface area contributed by atoms with Gasteiger partial charge in [-0.05, 0) is 19.1 Å². The highest BCUT2D eigenvalue weighted by Crippen LogP contribution is 2.03. The summed E-state index contributed by atoms with van der Waals surface area (Å²) in [4.78, 5) is 14.7. The van der Waals surface area contributed by atoms with Crippen molar-refractivity contribution in [2.24, 2.45) is 0 Å². The van der Waals surface area contributed by atoms with Crippen LogP contribution >= 0.6 is 11.9 Å². The Morgan fingerprint density at radius 2 is 2.45 bits per heavy atom. The normalized spacial score (nSPS) is 9.27. The van der Waals surface area contributed by atoms with E-state index in [-0.39, 0.29) is 0 Å². The maximum atomic E-state index is 10.8. The summed E-state index contributed by atoms with van der Waals surface area (Å²) < 4.78 is 4.00. The summed E-state index contributed by atoms with van der Waals surface area (Å²) in [5, 5.41) is 0. The molecule has 0 saturated heterocycles. The molecule has 1 rings (SSSR count). The Morgan fingerprint density at radius 3 is 3.00 bits per heavy atom. The van der Waals surface area contributed by atoms with Crippen molar-refractivity contribution in [2.45, 2.75) is 6.92 Å². The Kier molecular flexibility index (Phi) is 2.44. The maximum absolute atomic E-state index is 10.8. The number of nitrogens with zero attached hydrogens (tertiary/aromatic N) is 1. The van der Waals surface area contributed by atoms with Gasteiger partial charge in [0, 0.05) is 11.9 Å². The third-order valence-corrected chi connectivity index (χ3v) is 1.34. The van der Waals surface area contributed by atoms with E-state index < -0.39 is 5.97 Å². The topological polar surface area (TPSA) is 39.2 Å². The molecule has 58 valence electrons. The van der Waals surface area contributed by atoms with E-state index in [1.807, 2.05) is 0 Å². The van der Waals surface area contributed by atoms with Crippen molar-refractivity contribution in [3.05, 3.63) is 29.6 Å². The molecule has 0 aliphatic heterocycles. The van der Waals surface area contributed by atoms with Crippen molar-refractivity contribution >= 4 is 17.8 Å². The van der Waals surface area contributed by atoms with Crippen LogP contribution in [0.4, 0.5) is 0 Å². The van der Waals surface area contributed by atoms with Gasteiger partial charge in [0.25, 0.3) is 0 Å². The molecule has 0 saturated carbocycles. The zero-order valence-corrected chi connectivity index (χ0v) is 6.63. The SMILES string of the molecule is Cc1cc(C(=O)OCl)ccn1. The predicted molar refractivity (Wildman–Crippen MR) is 40.2 cm³/mol. The molecule has 0 bridgehead atoms. The fraction of sp³-hybridized carbons (Fsp3) is 0.143. The number of pyridine rings is 1. The third-order valence-electron chi connectivity index (χ3n) is 1.20. The molecule has 0 amide bonds. The number of hydrogen-bond acceptors (Lipinski definition) is 3.